The number of nitrogens with one attached hydrogen (secondary N) is 2. The second-order valence-corrected chi connectivity index (χ2v) is 9.06. The summed E-state index contributed by atoms with van der Waals surface area (Å²) in [7, 11) is 2.71. The van der Waals surface area contributed by atoms with Crippen LogP contribution in [0.1, 0.15) is 42.1 Å². The molecule has 2 aromatic heterocycles. The summed E-state index contributed by atoms with van der Waals surface area (Å²) >= 11 is 6.20. The Bertz CT molecular complexity index is 1670. The monoisotopic (exact) mass is 589 g/mol. The molecule has 2 N–H and O–H groups in total. The van der Waals surface area contributed by atoms with Crippen LogP contribution in [-0.2, 0) is 4.79 Å². The van der Waals surface area contributed by atoms with E-state index in [1.807, 2.05) is 0 Å². The molecule has 0 aliphatic carbocycles. The first kappa shape index (κ1) is 29.3. The third-order valence-corrected chi connectivity index (χ3v) is 6.36. The zero-order valence-corrected chi connectivity index (χ0v) is 22.6. The first-order chi connectivity index (χ1) is 19.6. The highest BCUT2D eigenvalue weighted by Gasteiger charge is 2.25. The van der Waals surface area contributed by atoms with E-state index in [4.69, 9.17) is 20.8 Å². The number of ether oxygens (including phenoxy) is 1. The number of methoxy groups -OCH3 is 1. The van der Waals surface area contributed by atoms with Crippen molar-refractivity contribution >= 4 is 29.1 Å². The largest absolute Gasteiger partial charge is 0.495 e. The van der Waals surface area contributed by atoms with Crippen molar-refractivity contribution in [2.75, 3.05) is 19.5 Å². The van der Waals surface area contributed by atoms with Gasteiger partial charge >= 0.3 is 6.43 Å². The van der Waals surface area contributed by atoms with Crippen LogP contribution in [-0.4, -0.2) is 40.7 Å². The number of rotatable bonds is 9. The van der Waals surface area contributed by atoms with Crippen molar-refractivity contribution in [3.8, 4) is 28.3 Å². The van der Waals surface area contributed by atoms with Gasteiger partial charge in [-0.15, -0.1) is 10.2 Å². The molecule has 4 aromatic rings. The molecule has 1 atom stereocenters. The summed E-state index contributed by atoms with van der Waals surface area (Å²) in [5, 5.41) is 12.2. The summed E-state index contributed by atoms with van der Waals surface area (Å²) in [6.07, 6.45) is -1.48. The van der Waals surface area contributed by atoms with E-state index in [9.17, 15) is 27.6 Å². The van der Waals surface area contributed by atoms with Crippen molar-refractivity contribution in [2.45, 2.75) is 25.8 Å². The Kier molecular flexibility index (Phi) is 8.77. The number of alkyl halides is 2. The van der Waals surface area contributed by atoms with Crippen LogP contribution in [0.4, 0.5) is 18.9 Å². The smallest absolute Gasteiger partial charge is 0.314 e. The van der Waals surface area contributed by atoms with Crippen LogP contribution in [0.3, 0.4) is 0 Å². The van der Waals surface area contributed by atoms with E-state index in [1.54, 1.807) is 6.92 Å². The molecule has 10 nitrogen and oxygen atoms in total. The van der Waals surface area contributed by atoms with Gasteiger partial charge in [0.1, 0.15) is 17.6 Å². The van der Waals surface area contributed by atoms with Crippen LogP contribution in [0.25, 0.3) is 22.6 Å². The lowest BCUT2D eigenvalue weighted by molar-refractivity contribution is -0.119. The SMILES string of the molecule is CCC(C(=O)Nc1ccc(C(=O)NC)c(F)c1)n1cc(OC)c(-c2cc(Cl)ccc2-c2nnc(C(F)F)o2)cc1=O. The molecule has 14 heteroatoms. The number of nitrogens with zero attached hydrogens (tertiary/aromatic N) is 3. The number of hydrogen-bond donors (Lipinski definition) is 2. The number of benzene rings is 2. The van der Waals surface area contributed by atoms with Gasteiger partial charge < -0.3 is 19.8 Å². The molecule has 0 saturated carbocycles. The number of pyridine rings is 1. The highest BCUT2D eigenvalue weighted by atomic mass is 35.5. The van der Waals surface area contributed by atoms with Crippen LogP contribution in [0.15, 0.2) is 57.9 Å². The van der Waals surface area contributed by atoms with Gasteiger partial charge in [-0.25, -0.2) is 4.39 Å². The van der Waals surface area contributed by atoms with E-state index in [1.165, 1.54) is 56.8 Å². The topological polar surface area (TPSA) is 128 Å². The fourth-order valence-electron chi connectivity index (χ4n) is 4.15. The zero-order chi connectivity index (χ0) is 29.8. The first-order valence-corrected chi connectivity index (χ1v) is 12.5. The normalized spacial score (nSPS) is 11.8. The standard InChI is InChI=1S/C27H23ClF3N5O5/c1-4-20(25(39)33-14-6-8-16(19(29)10-14)24(38)32-2)36-12-21(40-3)18(11-22(36)37)17-9-13(28)5-7-15(17)26-34-35-27(41-26)23(30)31/h5-12,20,23H,4H2,1-3H3,(H,32,38)(H,33,39). The molecule has 0 bridgehead atoms. The Morgan fingerprint density at radius 2 is 1.85 bits per heavy atom. The van der Waals surface area contributed by atoms with Crippen molar-refractivity contribution in [3.63, 3.8) is 0 Å². The van der Waals surface area contributed by atoms with Crippen molar-refractivity contribution in [3.05, 3.63) is 81.3 Å². The number of aromatic nitrogens is 3. The van der Waals surface area contributed by atoms with Gasteiger partial charge in [-0.05, 0) is 48.4 Å². The Balaban J connectivity index is 1.72. The minimum atomic E-state index is -2.98. The highest BCUT2D eigenvalue weighted by Crippen LogP contribution is 2.38. The molecular formula is C27H23ClF3N5O5. The van der Waals surface area contributed by atoms with Crippen LogP contribution >= 0.6 is 11.6 Å². The predicted molar refractivity (Wildman–Crippen MR) is 144 cm³/mol. The Morgan fingerprint density at radius 3 is 2.46 bits per heavy atom. The molecule has 0 aliphatic rings. The average molecular weight is 590 g/mol. The molecule has 0 fully saturated rings. The molecule has 1 unspecified atom stereocenters. The number of amides is 2. The number of carbonyl (C=O) groups is 2. The lowest BCUT2D eigenvalue weighted by Crippen LogP contribution is -2.32. The van der Waals surface area contributed by atoms with Crippen molar-refractivity contribution < 1.29 is 31.9 Å². The molecule has 2 aromatic carbocycles. The molecule has 0 spiro atoms. The molecule has 0 radical (unpaired) electrons. The summed E-state index contributed by atoms with van der Waals surface area (Å²) in [5.74, 6) is -3.03. The third kappa shape index (κ3) is 6.09. The third-order valence-electron chi connectivity index (χ3n) is 6.13. The van der Waals surface area contributed by atoms with E-state index < -0.39 is 41.5 Å². The molecule has 41 heavy (non-hydrogen) atoms. The van der Waals surface area contributed by atoms with Gasteiger partial charge in [-0.3, -0.25) is 19.0 Å². The van der Waals surface area contributed by atoms with E-state index in [0.717, 1.165) is 10.6 Å². The molecule has 0 saturated heterocycles. The lowest BCUT2D eigenvalue weighted by Gasteiger charge is -2.20. The Labute approximate surface area is 236 Å². The van der Waals surface area contributed by atoms with E-state index in [-0.39, 0.29) is 51.0 Å². The van der Waals surface area contributed by atoms with E-state index >= 15 is 0 Å². The predicted octanol–water partition coefficient (Wildman–Crippen LogP) is 5.25. The maximum absolute atomic E-state index is 14.4. The summed E-state index contributed by atoms with van der Waals surface area (Å²) < 4.78 is 52.3. The maximum Gasteiger partial charge on any atom is 0.314 e. The summed E-state index contributed by atoms with van der Waals surface area (Å²) in [5.41, 5.74) is 0.0179. The van der Waals surface area contributed by atoms with Gasteiger partial charge in [0.25, 0.3) is 17.4 Å². The Morgan fingerprint density at radius 1 is 1.10 bits per heavy atom. The average Bonchev–Trinajstić information content (AvgIpc) is 3.44. The van der Waals surface area contributed by atoms with Crippen molar-refractivity contribution in [2.24, 2.45) is 0 Å². The number of hydrogen-bond acceptors (Lipinski definition) is 7. The van der Waals surface area contributed by atoms with E-state index in [2.05, 4.69) is 20.8 Å². The molecule has 214 valence electrons. The minimum Gasteiger partial charge on any atom is -0.495 e. The van der Waals surface area contributed by atoms with Crippen molar-refractivity contribution in [1.82, 2.24) is 20.1 Å². The minimum absolute atomic E-state index is 0.0848. The van der Waals surface area contributed by atoms with Gasteiger partial charge in [-0.2, -0.15) is 8.78 Å². The van der Waals surface area contributed by atoms with Gasteiger partial charge in [0.15, 0.2) is 0 Å². The molecule has 2 amide bonds. The van der Waals surface area contributed by atoms with Gasteiger partial charge in [0.2, 0.25) is 11.8 Å². The van der Waals surface area contributed by atoms with Crippen molar-refractivity contribution in [1.29, 1.82) is 0 Å². The van der Waals surface area contributed by atoms with Crippen LogP contribution in [0, 0.1) is 5.82 Å². The quantitative estimate of drug-likeness (QED) is 0.273. The van der Waals surface area contributed by atoms with Gasteiger partial charge in [0, 0.05) is 35.0 Å². The lowest BCUT2D eigenvalue weighted by atomic mass is 9.99. The van der Waals surface area contributed by atoms with Gasteiger partial charge in [-0.1, -0.05) is 18.5 Å². The Hall–Kier alpha value is -4.65. The number of carbonyl (C=O) groups excluding carboxylic acids is 2. The van der Waals surface area contributed by atoms with Crippen LogP contribution in [0.2, 0.25) is 5.02 Å². The second-order valence-electron chi connectivity index (χ2n) is 8.62. The summed E-state index contributed by atoms with van der Waals surface area (Å²) in [6.45, 7) is 1.68. The van der Waals surface area contributed by atoms with Gasteiger partial charge in [0.05, 0.1) is 18.9 Å². The first-order valence-electron chi connectivity index (χ1n) is 12.1. The molecule has 4 rings (SSSR count). The number of halogens is 4. The molecule has 2 heterocycles. The fourth-order valence-corrected chi connectivity index (χ4v) is 4.32. The summed E-state index contributed by atoms with van der Waals surface area (Å²) in [6, 6.07) is 8.20. The fraction of sp³-hybridized carbons (Fsp3) is 0.222. The molecular weight excluding hydrogens is 567 g/mol. The van der Waals surface area contributed by atoms with E-state index in [0.29, 0.717) is 0 Å². The maximum atomic E-state index is 14.4. The zero-order valence-electron chi connectivity index (χ0n) is 21.9. The van der Waals surface area contributed by atoms with Crippen LogP contribution < -0.4 is 20.9 Å². The number of anilines is 1. The highest BCUT2D eigenvalue weighted by molar-refractivity contribution is 6.31. The summed E-state index contributed by atoms with van der Waals surface area (Å²) in [4.78, 5) is 38.2. The van der Waals surface area contributed by atoms with Crippen LogP contribution in [0.5, 0.6) is 5.75 Å². The second kappa shape index (κ2) is 12.3. The molecule has 0 aliphatic heterocycles.